The second-order valence-corrected chi connectivity index (χ2v) is 14.1. The first-order valence-corrected chi connectivity index (χ1v) is 14.0. The molecule has 1 unspecified atom stereocenters. The smallest absolute Gasteiger partial charge is 0.243 e. The first-order valence-electron chi connectivity index (χ1n) is 12.9. The van der Waals surface area contributed by atoms with Gasteiger partial charge in [-0.15, -0.1) is 11.8 Å². The van der Waals surface area contributed by atoms with E-state index < -0.39 is 5.54 Å². The third-order valence-corrected chi connectivity index (χ3v) is 7.69. The van der Waals surface area contributed by atoms with Crippen LogP contribution < -0.4 is 5.32 Å². The maximum Gasteiger partial charge on any atom is 0.243 e. The molecule has 2 rings (SSSR count). The van der Waals surface area contributed by atoms with Crippen LogP contribution in [0.1, 0.15) is 111 Å². The van der Waals surface area contributed by atoms with Gasteiger partial charge < -0.3 is 5.32 Å². The largest absolute Gasteiger partial charge is 0.313 e. The van der Waals surface area contributed by atoms with Crippen molar-refractivity contribution in [1.82, 2.24) is 10.2 Å². The second-order valence-electron chi connectivity index (χ2n) is 12.8. The van der Waals surface area contributed by atoms with Crippen LogP contribution in [0.2, 0.25) is 0 Å². The van der Waals surface area contributed by atoms with Gasteiger partial charge in [-0.1, -0.05) is 72.6 Å². The SMILES string of the molecule is CC(C)(C)c1cc(CNCCCCCCSC2CC(=O)N(C(C)(C)C)C2=O)cc(C(C)(C)C)c1. The van der Waals surface area contributed by atoms with Crippen LogP contribution >= 0.6 is 11.8 Å². The Morgan fingerprint density at radius 3 is 1.91 bits per heavy atom. The lowest BCUT2D eigenvalue weighted by Crippen LogP contribution is -2.45. The number of nitrogens with zero attached hydrogens (tertiary/aromatic N) is 1. The number of carbonyl (C=O) groups excluding carboxylic acids is 2. The molecular formula is C29H48N2O2S. The summed E-state index contributed by atoms with van der Waals surface area (Å²) in [6, 6.07) is 7.09. The van der Waals surface area contributed by atoms with Crippen LogP contribution in [0.3, 0.4) is 0 Å². The van der Waals surface area contributed by atoms with Crippen molar-refractivity contribution in [2.75, 3.05) is 12.3 Å². The van der Waals surface area contributed by atoms with E-state index in [1.165, 1.54) is 34.4 Å². The molecule has 4 nitrogen and oxygen atoms in total. The third-order valence-electron chi connectivity index (χ3n) is 6.40. The summed E-state index contributed by atoms with van der Waals surface area (Å²) < 4.78 is 0. The van der Waals surface area contributed by atoms with Gasteiger partial charge in [-0.3, -0.25) is 14.5 Å². The minimum absolute atomic E-state index is 0.00292. The highest BCUT2D eigenvalue weighted by Crippen LogP contribution is 2.32. The maximum atomic E-state index is 12.5. The van der Waals surface area contributed by atoms with E-state index in [4.69, 9.17) is 0 Å². The molecular weight excluding hydrogens is 440 g/mol. The summed E-state index contributed by atoms with van der Waals surface area (Å²) in [5.41, 5.74) is 4.06. The molecule has 34 heavy (non-hydrogen) atoms. The number of nitrogens with one attached hydrogen (secondary N) is 1. The van der Waals surface area contributed by atoms with Gasteiger partial charge in [-0.25, -0.2) is 0 Å². The van der Waals surface area contributed by atoms with Crippen molar-refractivity contribution in [3.05, 3.63) is 34.9 Å². The average molecular weight is 489 g/mol. The molecule has 0 spiro atoms. The molecule has 1 N–H and O–H groups in total. The van der Waals surface area contributed by atoms with E-state index in [2.05, 4.69) is 65.1 Å². The van der Waals surface area contributed by atoms with Crippen LogP contribution in [-0.2, 0) is 27.0 Å². The Balaban J connectivity index is 1.67. The van der Waals surface area contributed by atoms with Crippen LogP contribution in [0.15, 0.2) is 18.2 Å². The molecule has 0 saturated carbocycles. The van der Waals surface area contributed by atoms with Crippen molar-refractivity contribution in [1.29, 1.82) is 0 Å². The second kappa shape index (κ2) is 11.6. The van der Waals surface area contributed by atoms with Crippen molar-refractivity contribution < 1.29 is 9.59 Å². The zero-order valence-electron chi connectivity index (χ0n) is 23.1. The van der Waals surface area contributed by atoms with Crippen LogP contribution in [0.5, 0.6) is 0 Å². The highest BCUT2D eigenvalue weighted by molar-refractivity contribution is 8.00. The molecule has 0 radical (unpaired) electrons. The topological polar surface area (TPSA) is 49.4 Å². The first kappa shape index (κ1) is 28.9. The number of hydrogen-bond acceptors (Lipinski definition) is 4. The fraction of sp³-hybridized carbons (Fsp3) is 0.724. The first-order chi connectivity index (χ1) is 15.6. The molecule has 5 heteroatoms. The van der Waals surface area contributed by atoms with Crippen LogP contribution in [0, 0.1) is 0 Å². The molecule has 1 atom stereocenters. The number of hydrogen-bond donors (Lipinski definition) is 1. The van der Waals surface area contributed by atoms with Gasteiger partial charge in [-0.05, 0) is 73.4 Å². The predicted octanol–water partition coefficient (Wildman–Crippen LogP) is 6.59. The van der Waals surface area contributed by atoms with Gasteiger partial charge in [-0.2, -0.15) is 0 Å². The van der Waals surface area contributed by atoms with Crippen molar-refractivity contribution in [2.45, 2.75) is 123 Å². The van der Waals surface area contributed by atoms with Crippen LogP contribution in [-0.4, -0.2) is 39.8 Å². The quantitative estimate of drug-likeness (QED) is 0.298. The van der Waals surface area contributed by atoms with Gasteiger partial charge in [0.05, 0.1) is 5.25 Å². The molecule has 1 aromatic rings. The van der Waals surface area contributed by atoms with Crippen molar-refractivity contribution in [2.24, 2.45) is 0 Å². The summed E-state index contributed by atoms with van der Waals surface area (Å²) >= 11 is 1.66. The summed E-state index contributed by atoms with van der Waals surface area (Å²) in [7, 11) is 0. The molecule has 1 aliphatic heterocycles. The Kier molecular flexibility index (Phi) is 9.86. The van der Waals surface area contributed by atoms with Gasteiger partial charge in [0.1, 0.15) is 0 Å². The number of carbonyl (C=O) groups is 2. The Labute approximate surface area is 213 Å². The number of amides is 2. The monoisotopic (exact) mass is 488 g/mol. The maximum absolute atomic E-state index is 12.5. The predicted molar refractivity (Wildman–Crippen MR) is 146 cm³/mol. The lowest BCUT2D eigenvalue weighted by atomic mass is 9.79. The van der Waals surface area contributed by atoms with E-state index >= 15 is 0 Å². The summed E-state index contributed by atoms with van der Waals surface area (Å²) in [5, 5.41) is 3.45. The standard InChI is InChI=1S/C29H48N2O2S/c1-27(2,3)22-16-21(17-23(18-22)28(4,5)6)20-30-14-12-10-11-13-15-34-24-19-25(32)31(26(24)33)29(7,8)9/h16-18,24,30H,10-15,19-20H2,1-9H3. The summed E-state index contributed by atoms with van der Waals surface area (Å²) in [4.78, 5) is 26.2. The summed E-state index contributed by atoms with van der Waals surface area (Å²) in [6.07, 6.45) is 4.97. The van der Waals surface area contributed by atoms with Crippen LogP contribution in [0.4, 0.5) is 0 Å². The normalized spacial score (nSPS) is 17.7. The minimum atomic E-state index is -0.418. The van der Waals surface area contributed by atoms with E-state index in [9.17, 15) is 9.59 Å². The molecule has 1 heterocycles. The number of likely N-dealkylation sites (tertiary alicyclic amines) is 1. The number of rotatable bonds is 10. The van der Waals surface area contributed by atoms with Gasteiger partial charge in [0.25, 0.3) is 0 Å². The molecule has 1 aromatic carbocycles. The fourth-order valence-corrected chi connectivity index (χ4v) is 5.43. The third kappa shape index (κ3) is 8.41. The van der Waals surface area contributed by atoms with E-state index in [-0.39, 0.29) is 27.9 Å². The molecule has 1 saturated heterocycles. The number of benzene rings is 1. The van der Waals surface area contributed by atoms with Gasteiger partial charge in [0, 0.05) is 18.5 Å². The molecule has 192 valence electrons. The Morgan fingerprint density at radius 2 is 1.41 bits per heavy atom. The van der Waals surface area contributed by atoms with E-state index in [0.717, 1.165) is 31.7 Å². The Morgan fingerprint density at radius 1 is 0.853 bits per heavy atom. The molecule has 0 aromatic heterocycles. The summed E-state index contributed by atoms with van der Waals surface area (Å²) in [6.45, 7) is 21.4. The number of imide groups is 1. The Bertz CT molecular complexity index is 811. The number of unbranched alkanes of at least 4 members (excludes halogenated alkanes) is 3. The zero-order chi connectivity index (χ0) is 25.7. The molecule has 1 fully saturated rings. The van der Waals surface area contributed by atoms with E-state index in [0.29, 0.717) is 6.42 Å². The average Bonchev–Trinajstić information content (AvgIpc) is 2.98. The Hall–Kier alpha value is -1.33. The highest BCUT2D eigenvalue weighted by Gasteiger charge is 2.43. The zero-order valence-corrected chi connectivity index (χ0v) is 24.0. The van der Waals surface area contributed by atoms with E-state index in [1.807, 2.05) is 20.8 Å². The van der Waals surface area contributed by atoms with Gasteiger partial charge in [0.2, 0.25) is 11.8 Å². The molecule has 2 amide bonds. The highest BCUT2D eigenvalue weighted by atomic mass is 32.2. The summed E-state index contributed by atoms with van der Waals surface area (Å²) in [5.74, 6) is 0.921. The lowest BCUT2D eigenvalue weighted by Gasteiger charge is -2.30. The number of thioether (sulfide) groups is 1. The van der Waals surface area contributed by atoms with Crippen molar-refractivity contribution >= 4 is 23.6 Å². The van der Waals surface area contributed by atoms with Gasteiger partial charge in [0.15, 0.2) is 0 Å². The fourth-order valence-electron chi connectivity index (χ4n) is 4.26. The van der Waals surface area contributed by atoms with E-state index in [1.54, 1.807) is 11.8 Å². The lowest BCUT2D eigenvalue weighted by molar-refractivity contribution is -0.143. The molecule has 0 aliphatic carbocycles. The van der Waals surface area contributed by atoms with Crippen LogP contribution in [0.25, 0.3) is 0 Å². The van der Waals surface area contributed by atoms with Gasteiger partial charge >= 0.3 is 0 Å². The van der Waals surface area contributed by atoms with Crippen molar-refractivity contribution in [3.63, 3.8) is 0 Å². The van der Waals surface area contributed by atoms with Crippen molar-refractivity contribution in [3.8, 4) is 0 Å². The molecule has 0 bridgehead atoms. The minimum Gasteiger partial charge on any atom is -0.313 e. The molecule has 1 aliphatic rings.